The molecular weight excluding hydrogens is 597 g/mol. The van der Waals surface area contributed by atoms with Gasteiger partial charge in [-0.15, -0.1) is 6.42 Å². The minimum atomic E-state index is -1.07. The van der Waals surface area contributed by atoms with Crippen molar-refractivity contribution in [3.8, 4) is 35.0 Å². The van der Waals surface area contributed by atoms with Crippen LogP contribution < -0.4 is 10.2 Å². The van der Waals surface area contributed by atoms with Gasteiger partial charge in [0.1, 0.15) is 11.1 Å². The van der Waals surface area contributed by atoms with Crippen LogP contribution >= 0.6 is 0 Å². The summed E-state index contributed by atoms with van der Waals surface area (Å²) in [5, 5.41) is 11.0. The van der Waals surface area contributed by atoms with Gasteiger partial charge in [0, 0.05) is 91.8 Å². The zero-order valence-electron chi connectivity index (χ0n) is 25.6. The van der Waals surface area contributed by atoms with Crippen molar-refractivity contribution in [2.75, 3.05) is 56.0 Å². The van der Waals surface area contributed by atoms with E-state index in [9.17, 15) is 14.0 Å². The largest absolute Gasteiger partial charge is 0.368 e. The van der Waals surface area contributed by atoms with Crippen molar-refractivity contribution in [3.05, 3.63) is 85.2 Å². The van der Waals surface area contributed by atoms with E-state index in [2.05, 4.69) is 53.4 Å². The van der Waals surface area contributed by atoms with Gasteiger partial charge in [-0.1, -0.05) is 5.92 Å². The predicted molar refractivity (Wildman–Crippen MR) is 176 cm³/mol. The number of terminal acetylenes is 1. The molecule has 0 radical (unpaired) electrons. The molecule has 1 unspecified atom stereocenters. The fourth-order valence-electron chi connectivity index (χ4n) is 6.28. The maximum absolute atomic E-state index is 13.8. The number of halogens is 1. The van der Waals surface area contributed by atoms with E-state index in [1.807, 2.05) is 21.9 Å². The van der Waals surface area contributed by atoms with Crippen LogP contribution in [-0.4, -0.2) is 92.6 Å². The molecule has 0 bridgehead atoms. The minimum Gasteiger partial charge on any atom is -0.368 e. The Kier molecular flexibility index (Phi) is 8.05. The molecule has 2 saturated heterocycles. The second-order valence-electron chi connectivity index (χ2n) is 11.8. The van der Waals surface area contributed by atoms with Crippen LogP contribution in [0.3, 0.4) is 0 Å². The first-order valence-electron chi connectivity index (χ1n) is 15.4. The molecule has 1 atom stereocenters. The average molecular weight is 630 g/mol. The van der Waals surface area contributed by atoms with Gasteiger partial charge < -0.3 is 15.1 Å². The first-order valence-corrected chi connectivity index (χ1v) is 15.4. The fraction of sp³-hybridized carbons (Fsp3) is 0.257. The summed E-state index contributed by atoms with van der Waals surface area (Å²) in [6, 6.07) is 18.3. The van der Waals surface area contributed by atoms with Gasteiger partial charge in [0.25, 0.3) is 0 Å². The summed E-state index contributed by atoms with van der Waals surface area (Å²) in [7, 11) is 0. The highest BCUT2D eigenvalue weighted by molar-refractivity contribution is 6.01. The summed E-state index contributed by atoms with van der Waals surface area (Å²) < 4.78 is 13.8. The van der Waals surface area contributed by atoms with Crippen LogP contribution in [0.1, 0.15) is 6.42 Å². The number of hydrogen-bond acceptors (Lipinski definition) is 8. The van der Waals surface area contributed by atoms with Gasteiger partial charge in [0.05, 0.1) is 12.1 Å². The number of anilines is 2. The molecule has 47 heavy (non-hydrogen) atoms. The smallest absolute Gasteiger partial charge is 0.244 e. The third-order valence-corrected chi connectivity index (χ3v) is 8.93. The van der Waals surface area contributed by atoms with E-state index in [4.69, 9.17) is 6.42 Å². The Morgan fingerprint density at radius 2 is 1.72 bits per heavy atom. The molecule has 5 heterocycles. The van der Waals surface area contributed by atoms with Crippen molar-refractivity contribution < 1.29 is 14.0 Å². The predicted octanol–water partition coefficient (Wildman–Crippen LogP) is 3.83. The highest BCUT2D eigenvalue weighted by Gasteiger charge is 2.44. The van der Waals surface area contributed by atoms with E-state index < -0.39 is 11.4 Å². The summed E-state index contributed by atoms with van der Waals surface area (Å²) in [4.78, 5) is 45.2. The summed E-state index contributed by atoms with van der Waals surface area (Å²) >= 11 is 0. The van der Waals surface area contributed by atoms with E-state index in [-0.39, 0.29) is 24.9 Å². The van der Waals surface area contributed by atoms with Crippen molar-refractivity contribution in [2.45, 2.75) is 6.42 Å². The maximum atomic E-state index is 13.8. The minimum absolute atomic E-state index is 0.0277. The molecule has 0 aliphatic carbocycles. The van der Waals surface area contributed by atoms with Crippen molar-refractivity contribution in [2.24, 2.45) is 5.41 Å². The second kappa shape index (κ2) is 12.6. The van der Waals surface area contributed by atoms with Gasteiger partial charge in [0.2, 0.25) is 17.8 Å². The Morgan fingerprint density at radius 1 is 0.936 bits per heavy atom. The monoisotopic (exact) mass is 629 g/mol. The number of likely N-dealkylation sites (tertiary alicyclic amines) is 1. The average Bonchev–Trinajstić information content (AvgIpc) is 3.73. The lowest BCUT2D eigenvalue weighted by molar-refractivity contribution is -0.133. The third-order valence-electron chi connectivity index (χ3n) is 8.93. The number of pyridine rings is 1. The normalized spacial score (nSPS) is 18.3. The molecular formula is C35H32FN9O2. The first kappa shape index (κ1) is 30.0. The zero-order chi connectivity index (χ0) is 32.4. The molecule has 236 valence electrons. The zero-order valence-corrected chi connectivity index (χ0v) is 25.6. The number of hydrogen-bond donors (Lipinski definition) is 2. The van der Waals surface area contributed by atoms with Crippen molar-refractivity contribution in [1.29, 1.82) is 0 Å². The number of fused-ring (bicyclic) bond motifs is 1. The van der Waals surface area contributed by atoms with Gasteiger partial charge >= 0.3 is 0 Å². The van der Waals surface area contributed by atoms with E-state index in [1.54, 1.807) is 42.7 Å². The van der Waals surface area contributed by atoms with Crippen molar-refractivity contribution in [3.63, 3.8) is 0 Å². The SMILES string of the molecule is C#CC1(C(=O)Nc2ccc3[nH]nc(-c4ccnc(F)c4)c3c2)CCN(CC(=O)N2CCN(c3ccc(-c4ncccn4)cc3)CC2)C1. The first-order chi connectivity index (χ1) is 22.9. The summed E-state index contributed by atoms with van der Waals surface area (Å²) in [5.74, 6) is 2.55. The van der Waals surface area contributed by atoms with Gasteiger partial charge in [-0.05, 0) is 61.0 Å². The highest BCUT2D eigenvalue weighted by atomic mass is 19.1. The topological polar surface area (TPSA) is 123 Å². The van der Waals surface area contributed by atoms with Gasteiger partial charge in [-0.2, -0.15) is 9.49 Å². The van der Waals surface area contributed by atoms with Crippen LogP contribution in [0.2, 0.25) is 0 Å². The Balaban J connectivity index is 0.944. The van der Waals surface area contributed by atoms with Crippen LogP contribution in [0.4, 0.5) is 15.8 Å². The fourth-order valence-corrected chi connectivity index (χ4v) is 6.28. The molecule has 2 N–H and O–H groups in total. The van der Waals surface area contributed by atoms with Crippen LogP contribution in [0.15, 0.2) is 79.3 Å². The molecule has 0 spiro atoms. The second-order valence-corrected chi connectivity index (χ2v) is 11.8. The lowest BCUT2D eigenvalue weighted by Gasteiger charge is -2.37. The summed E-state index contributed by atoms with van der Waals surface area (Å²) in [6.07, 6.45) is 11.2. The molecule has 0 saturated carbocycles. The number of carbonyl (C=O) groups excluding carboxylic acids is 2. The molecule has 7 rings (SSSR count). The van der Waals surface area contributed by atoms with Crippen LogP contribution in [0.5, 0.6) is 0 Å². The number of rotatable bonds is 7. The lowest BCUT2D eigenvalue weighted by atomic mass is 9.87. The number of amides is 2. The van der Waals surface area contributed by atoms with Gasteiger partial charge in [0.15, 0.2) is 5.82 Å². The van der Waals surface area contributed by atoms with Crippen LogP contribution in [0.25, 0.3) is 33.5 Å². The quantitative estimate of drug-likeness (QED) is 0.206. The number of piperazine rings is 1. The third kappa shape index (κ3) is 6.13. The Labute approximate surface area is 270 Å². The van der Waals surface area contributed by atoms with E-state index in [0.717, 1.165) is 35.2 Å². The number of aromatic amines is 1. The molecule has 3 aromatic heterocycles. The number of nitrogens with zero attached hydrogens (tertiary/aromatic N) is 7. The summed E-state index contributed by atoms with van der Waals surface area (Å²) in [5.41, 5.74) is 3.38. The van der Waals surface area contributed by atoms with Gasteiger partial charge in [-0.25, -0.2) is 15.0 Å². The van der Waals surface area contributed by atoms with E-state index >= 15 is 0 Å². The molecule has 5 aromatic rings. The lowest BCUT2D eigenvalue weighted by Crippen LogP contribution is -2.51. The Hall–Kier alpha value is -5.67. The van der Waals surface area contributed by atoms with Crippen molar-refractivity contribution >= 4 is 34.1 Å². The maximum Gasteiger partial charge on any atom is 0.244 e. The van der Waals surface area contributed by atoms with E-state index in [0.29, 0.717) is 48.8 Å². The van der Waals surface area contributed by atoms with Gasteiger partial charge in [-0.3, -0.25) is 19.6 Å². The van der Waals surface area contributed by atoms with Crippen LogP contribution in [-0.2, 0) is 9.59 Å². The standard InChI is InChI=1S/C35H32FN9O2/c1-2-35(34(47)40-26-6-9-29-28(21-26)32(42-41-29)25-10-14-37-30(36)20-25)11-15-43(23-35)22-31(46)45-18-16-44(17-19-45)27-7-4-24(5-8-27)33-38-12-3-13-39-33/h1,3-10,12-14,20-21H,11,15-19,22-23H2,(H,40,47)(H,41,42). The Morgan fingerprint density at radius 3 is 2.47 bits per heavy atom. The molecule has 2 aliphatic heterocycles. The number of carbonyl (C=O) groups is 2. The van der Waals surface area contributed by atoms with Crippen LogP contribution in [0, 0.1) is 23.7 Å². The molecule has 12 heteroatoms. The molecule has 11 nitrogen and oxygen atoms in total. The summed E-state index contributed by atoms with van der Waals surface area (Å²) in [6.45, 7) is 3.71. The number of nitrogens with one attached hydrogen (secondary N) is 2. The molecule has 2 amide bonds. The number of aromatic nitrogens is 5. The van der Waals surface area contributed by atoms with E-state index in [1.165, 1.54) is 12.3 Å². The van der Waals surface area contributed by atoms with Crippen molar-refractivity contribution in [1.82, 2.24) is 34.9 Å². The highest BCUT2D eigenvalue weighted by Crippen LogP contribution is 2.33. The molecule has 2 fully saturated rings. The molecule has 2 aliphatic rings. The molecule has 2 aromatic carbocycles. The number of H-pyrrole nitrogens is 1. The number of benzene rings is 2. The Bertz CT molecular complexity index is 1970.